The lowest BCUT2D eigenvalue weighted by Gasteiger charge is -2.63. The van der Waals surface area contributed by atoms with Crippen molar-refractivity contribution in [3.8, 4) is 0 Å². The molecule has 0 aromatic carbocycles. The number of hydrogen-bond acceptors (Lipinski definition) is 5. The Bertz CT molecular complexity index is 465. The highest BCUT2D eigenvalue weighted by atomic mass is 16.3. The molecular formula is C20H36O5. The summed E-state index contributed by atoms with van der Waals surface area (Å²) >= 11 is 0. The van der Waals surface area contributed by atoms with E-state index >= 15 is 0 Å². The third-order valence-corrected chi connectivity index (χ3v) is 7.64. The standard InChI is InChI=1S/C20H36O5/c1-14-10-18(25)20(13-24)16(12-23)4-3-5-17(20)19(14,2)8-6-15(11-22)7-9-21/h7,14,16-18,21-25H,3-6,8-13H2,1-2H3/b15-7+/t14-,16+,17-,18+,19+,20+/m1/s1. The Kier molecular flexibility index (Phi) is 7.08. The molecule has 2 aliphatic carbocycles. The van der Waals surface area contributed by atoms with Crippen molar-refractivity contribution in [1.29, 1.82) is 0 Å². The van der Waals surface area contributed by atoms with Crippen molar-refractivity contribution in [2.45, 2.75) is 58.5 Å². The molecule has 5 heteroatoms. The van der Waals surface area contributed by atoms with Crippen LogP contribution >= 0.6 is 0 Å². The summed E-state index contributed by atoms with van der Waals surface area (Å²) < 4.78 is 0. The smallest absolute Gasteiger partial charge is 0.0642 e. The van der Waals surface area contributed by atoms with Gasteiger partial charge in [-0.15, -0.1) is 0 Å². The molecule has 6 atom stereocenters. The van der Waals surface area contributed by atoms with Crippen LogP contribution in [0, 0.1) is 28.6 Å². The highest BCUT2D eigenvalue weighted by Gasteiger charge is 2.61. The quantitative estimate of drug-likeness (QED) is 0.445. The highest BCUT2D eigenvalue weighted by Crippen LogP contribution is 2.63. The number of fused-ring (bicyclic) bond motifs is 1. The molecule has 146 valence electrons. The lowest BCUT2D eigenvalue weighted by molar-refractivity contribution is -0.212. The van der Waals surface area contributed by atoms with E-state index in [1.54, 1.807) is 6.08 Å². The van der Waals surface area contributed by atoms with E-state index in [0.29, 0.717) is 18.8 Å². The summed E-state index contributed by atoms with van der Waals surface area (Å²) in [6.07, 6.45) is 6.06. The minimum atomic E-state index is -0.631. The van der Waals surface area contributed by atoms with Gasteiger partial charge in [-0.25, -0.2) is 0 Å². The van der Waals surface area contributed by atoms with Gasteiger partial charge in [-0.1, -0.05) is 26.3 Å². The van der Waals surface area contributed by atoms with Crippen LogP contribution in [0.15, 0.2) is 11.6 Å². The van der Waals surface area contributed by atoms with E-state index < -0.39 is 11.5 Å². The van der Waals surface area contributed by atoms with Gasteiger partial charge in [0.1, 0.15) is 0 Å². The molecule has 0 radical (unpaired) electrons. The largest absolute Gasteiger partial charge is 0.396 e. The van der Waals surface area contributed by atoms with Crippen LogP contribution < -0.4 is 0 Å². The predicted molar refractivity (Wildman–Crippen MR) is 96.8 cm³/mol. The molecular weight excluding hydrogens is 320 g/mol. The zero-order valence-electron chi connectivity index (χ0n) is 15.7. The molecule has 2 saturated carbocycles. The average Bonchev–Trinajstić information content (AvgIpc) is 2.62. The summed E-state index contributed by atoms with van der Waals surface area (Å²) in [5, 5.41) is 49.7. The van der Waals surface area contributed by atoms with E-state index in [-0.39, 0.29) is 43.7 Å². The third kappa shape index (κ3) is 3.54. The number of aliphatic hydroxyl groups is 5. The Morgan fingerprint density at radius 2 is 1.88 bits per heavy atom. The summed E-state index contributed by atoms with van der Waals surface area (Å²) in [5.74, 6) is 0.366. The summed E-state index contributed by atoms with van der Waals surface area (Å²) in [7, 11) is 0. The van der Waals surface area contributed by atoms with Crippen LogP contribution in [0.25, 0.3) is 0 Å². The molecule has 0 aliphatic heterocycles. The Morgan fingerprint density at radius 3 is 2.44 bits per heavy atom. The molecule has 2 aliphatic rings. The van der Waals surface area contributed by atoms with E-state index in [9.17, 15) is 20.4 Å². The summed E-state index contributed by atoms with van der Waals surface area (Å²) in [5.41, 5.74) is 0.125. The second kappa shape index (κ2) is 8.49. The molecule has 0 bridgehead atoms. The third-order valence-electron chi connectivity index (χ3n) is 7.64. The van der Waals surface area contributed by atoms with Gasteiger partial charge in [0.25, 0.3) is 0 Å². The molecule has 0 heterocycles. The molecule has 2 rings (SSSR count). The van der Waals surface area contributed by atoms with Crippen molar-refractivity contribution in [2.75, 3.05) is 26.4 Å². The average molecular weight is 357 g/mol. The summed E-state index contributed by atoms with van der Waals surface area (Å²) in [6.45, 7) is 4.20. The fourth-order valence-corrected chi connectivity index (χ4v) is 5.84. The van der Waals surface area contributed by atoms with Gasteiger partial charge in [-0.05, 0) is 60.8 Å². The van der Waals surface area contributed by atoms with Crippen LogP contribution in [-0.4, -0.2) is 58.1 Å². The van der Waals surface area contributed by atoms with Crippen LogP contribution in [0.5, 0.6) is 0 Å². The number of hydrogen-bond donors (Lipinski definition) is 5. The first-order valence-corrected chi connectivity index (χ1v) is 9.70. The van der Waals surface area contributed by atoms with E-state index in [0.717, 1.165) is 31.3 Å². The topological polar surface area (TPSA) is 101 Å². The zero-order valence-corrected chi connectivity index (χ0v) is 15.7. The second-order valence-corrected chi connectivity index (χ2v) is 8.49. The Hall–Kier alpha value is -0.460. The molecule has 2 fully saturated rings. The maximum absolute atomic E-state index is 10.9. The molecule has 0 aromatic rings. The van der Waals surface area contributed by atoms with Crippen molar-refractivity contribution in [1.82, 2.24) is 0 Å². The first-order chi connectivity index (χ1) is 11.9. The Labute approximate surface area is 151 Å². The molecule has 0 amide bonds. The van der Waals surface area contributed by atoms with Crippen molar-refractivity contribution < 1.29 is 25.5 Å². The van der Waals surface area contributed by atoms with Crippen LogP contribution in [-0.2, 0) is 0 Å². The van der Waals surface area contributed by atoms with Crippen molar-refractivity contribution >= 4 is 0 Å². The van der Waals surface area contributed by atoms with Crippen LogP contribution in [0.4, 0.5) is 0 Å². The van der Waals surface area contributed by atoms with Crippen LogP contribution in [0.3, 0.4) is 0 Å². The fraction of sp³-hybridized carbons (Fsp3) is 0.900. The SMILES string of the molecule is C[C@@H]1C[C@H](O)[C@@]2(CO)[C@H](CO)CCC[C@@H]2[C@@]1(C)CC/C(=C\CO)CO. The minimum absolute atomic E-state index is 0.00485. The maximum atomic E-state index is 10.9. The van der Waals surface area contributed by atoms with E-state index in [1.165, 1.54) is 0 Å². The van der Waals surface area contributed by atoms with Crippen molar-refractivity contribution in [3.63, 3.8) is 0 Å². The van der Waals surface area contributed by atoms with E-state index in [2.05, 4.69) is 13.8 Å². The van der Waals surface area contributed by atoms with Gasteiger partial charge in [0.2, 0.25) is 0 Å². The zero-order chi connectivity index (χ0) is 18.7. The molecule has 25 heavy (non-hydrogen) atoms. The second-order valence-electron chi connectivity index (χ2n) is 8.49. The van der Waals surface area contributed by atoms with E-state index in [4.69, 9.17) is 5.11 Å². The minimum Gasteiger partial charge on any atom is -0.396 e. The van der Waals surface area contributed by atoms with Gasteiger partial charge in [0.05, 0.1) is 25.9 Å². The molecule has 0 saturated heterocycles. The van der Waals surface area contributed by atoms with Crippen LogP contribution in [0.1, 0.15) is 52.4 Å². The lowest BCUT2D eigenvalue weighted by atomic mass is 9.43. The summed E-state index contributed by atoms with van der Waals surface area (Å²) in [6, 6.07) is 0. The monoisotopic (exact) mass is 356 g/mol. The number of aliphatic hydroxyl groups excluding tert-OH is 5. The normalized spacial score (nSPS) is 42.3. The lowest BCUT2D eigenvalue weighted by Crippen LogP contribution is -2.63. The van der Waals surface area contributed by atoms with Gasteiger partial charge in [-0.3, -0.25) is 0 Å². The van der Waals surface area contributed by atoms with Gasteiger partial charge in [-0.2, -0.15) is 0 Å². The first-order valence-electron chi connectivity index (χ1n) is 9.70. The Morgan fingerprint density at radius 1 is 1.16 bits per heavy atom. The summed E-state index contributed by atoms with van der Waals surface area (Å²) in [4.78, 5) is 0. The van der Waals surface area contributed by atoms with Gasteiger partial charge >= 0.3 is 0 Å². The molecule has 0 aromatic heterocycles. The van der Waals surface area contributed by atoms with Gasteiger partial charge < -0.3 is 25.5 Å². The molecule has 0 unspecified atom stereocenters. The number of rotatable bonds is 7. The predicted octanol–water partition coefficient (Wildman–Crippen LogP) is 1.47. The van der Waals surface area contributed by atoms with Crippen molar-refractivity contribution in [3.05, 3.63) is 11.6 Å². The maximum Gasteiger partial charge on any atom is 0.0642 e. The first kappa shape index (κ1) is 20.8. The molecule has 0 spiro atoms. The highest BCUT2D eigenvalue weighted by molar-refractivity contribution is 5.12. The van der Waals surface area contributed by atoms with Gasteiger partial charge in [0.15, 0.2) is 0 Å². The fourth-order valence-electron chi connectivity index (χ4n) is 5.84. The Balaban J connectivity index is 2.34. The van der Waals surface area contributed by atoms with Gasteiger partial charge in [0, 0.05) is 12.0 Å². The van der Waals surface area contributed by atoms with Crippen LogP contribution in [0.2, 0.25) is 0 Å². The molecule has 5 nitrogen and oxygen atoms in total. The molecule has 5 N–H and O–H groups in total. The van der Waals surface area contributed by atoms with Crippen molar-refractivity contribution in [2.24, 2.45) is 28.6 Å². The van der Waals surface area contributed by atoms with E-state index in [1.807, 2.05) is 0 Å².